The number of imidazole rings is 1. The molecule has 0 spiro atoms. The van der Waals surface area contributed by atoms with Crippen LogP contribution < -0.4 is 4.74 Å². The fourth-order valence-electron chi connectivity index (χ4n) is 3.19. The minimum atomic E-state index is -0.590. The van der Waals surface area contributed by atoms with Crippen LogP contribution in [0.2, 0.25) is 0 Å². The van der Waals surface area contributed by atoms with Gasteiger partial charge in [0.2, 0.25) is 0 Å². The van der Waals surface area contributed by atoms with Gasteiger partial charge in [0, 0.05) is 23.3 Å². The Kier molecular flexibility index (Phi) is 5.31. The maximum absolute atomic E-state index is 12.6. The molecule has 31 heavy (non-hydrogen) atoms. The van der Waals surface area contributed by atoms with Gasteiger partial charge >= 0.3 is 5.97 Å². The van der Waals surface area contributed by atoms with E-state index in [0.717, 1.165) is 11.3 Å². The Bertz CT molecular complexity index is 1260. The standard InChI is InChI=1S/C22H18N4O5/c1-3-31-22(27)20-21(15-4-8-16(9-5-15)26(28)29)25-19(23-20)13-12-18(24-25)14-6-10-17(30-2)11-7-14/h4-13H,3H2,1-2H3. The van der Waals surface area contributed by atoms with E-state index in [2.05, 4.69) is 10.1 Å². The Morgan fingerprint density at radius 1 is 1.03 bits per heavy atom. The number of esters is 1. The van der Waals surface area contributed by atoms with Crippen LogP contribution in [-0.2, 0) is 4.74 Å². The molecule has 2 aromatic carbocycles. The molecule has 2 heterocycles. The average molecular weight is 418 g/mol. The van der Waals surface area contributed by atoms with E-state index in [0.29, 0.717) is 22.6 Å². The van der Waals surface area contributed by atoms with Crippen molar-refractivity contribution in [2.24, 2.45) is 0 Å². The van der Waals surface area contributed by atoms with Crippen molar-refractivity contribution in [2.45, 2.75) is 6.92 Å². The Labute approximate surface area is 177 Å². The molecule has 0 radical (unpaired) electrons. The number of nitrogens with zero attached hydrogens (tertiary/aromatic N) is 4. The van der Waals surface area contributed by atoms with Crippen LogP contribution in [0.3, 0.4) is 0 Å². The zero-order chi connectivity index (χ0) is 22.0. The van der Waals surface area contributed by atoms with E-state index in [1.54, 1.807) is 42.8 Å². The number of nitro benzene ring substituents is 1. The highest BCUT2D eigenvalue weighted by Gasteiger charge is 2.23. The predicted molar refractivity (Wildman–Crippen MR) is 113 cm³/mol. The maximum atomic E-state index is 12.6. The molecule has 0 fully saturated rings. The highest BCUT2D eigenvalue weighted by molar-refractivity contribution is 5.95. The summed E-state index contributed by atoms with van der Waals surface area (Å²) in [7, 11) is 1.60. The molecule has 0 bridgehead atoms. The van der Waals surface area contributed by atoms with E-state index in [4.69, 9.17) is 9.47 Å². The lowest BCUT2D eigenvalue weighted by Crippen LogP contribution is -2.07. The van der Waals surface area contributed by atoms with Crippen LogP contribution in [-0.4, -0.2) is 39.2 Å². The number of hydrogen-bond acceptors (Lipinski definition) is 7. The van der Waals surface area contributed by atoms with E-state index < -0.39 is 10.9 Å². The van der Waals surface area contributed by atoms with Crippen molar-refractivity contribution in [3.8, 4) is 28.3 Å². The lowest BCUT2D eigenvalue weighted by molar-refractivity contribution is -0.384. The maximum Gasteiger partial charge on any atom is 0.359 e. The summed E-state index contributed by atoms with van der Waals surface area (Å²) in [6.45, 7) is 1.90. The molecule has 0 aliphatic rings. The fraction of sp³-hybridized carbons (Fsp3) is 0.136. The summed E-state index contributed by atoms with van der Waals surface area (Å²) in [5.41, 5.74) is 2.96. The van der Waals surface area contributed by atoms with Crippen LogP contribution in [0, 0.1) is 10.1 Å². The summed E-state index contributed by atoms with van der Waals surface area (Å²) >= 11 is 0. The number of hydrogen-bond donors (Lipinski definition) is 0. The molecule has 0 aliphatic heterocycles. The third kappa shape index (κ3) is 3.80. The van der Waals surface area contributed by atoms with Gasteiger partial charge in [0.15, 0.2) is 11.3 Å². The Morgan fingerprint density at radius 2 is 1.71 bits per heavy atom. The molecular weight excluding hydrogens is 400 g/mol. The first-order valence-electron chi connectivity index (χ1n) is 9.48. The SMILES string of the molecule is CCOC(=O)c1nc2ccc(-c3ccc(OC)cc3)nn2c1-c1ccc([N+](=O)[O-])cc1. The monoisotopic (exact) mass is 418 g/mol. The number of nitro groups is 1. The molecule has 0 N–H and O–H groups in total. The quantitative estimate of drug-likeness (QED) is 0.263. The van der Waals surface area contributed by atoms with Gasteiger partial charge in [-0.15, -0.1) is 0 Å². The number of non-ortho nitro benzene ring substituents is 1. The minimum Gasteiger partial charge on any atom is -0.497 e. The molecule has 156 valence electrons. The van der Waals surface area contributed by atoms with Crippen LogP contribution in [0.5, 0.6) is 5.75 Å². The zero-order valence-electron chi connectivity index (χ0n) is 16.8. The van der Waals surface area contributed by atoms with E-state index >= 15 is 0 Å². The highest BCUT2D eigenvalue weighted by atomic mass is 16.6. The van der Waals surface area contributed by atoms with Crippen LogP contribution in [0.1, 0.15) is 17.4 Å². The number of ether oxygens (including phenoxy) is 2. The van der Waals surface area contributed by atoms with Crippen LogP contribution in [0.25, 0.3) is 28.2 Å². The van der Waals surface area contributed by atoms with Gasteiger partial charge in [0.05, 0.1) is 24.3 Å². The van der Waals surface area contributed by atoms with Crippen molar-refractivity contribution < 1.29 is 19.2 Å². The molecule has 0 atom stereocenters. The molecule has 0 saturated heterocycles. The van der Waals surface area contributed by atoms with Gasteiger partial charge in [-0.25, -0.2) is 14.3 Å². The molecule has 4 rings (SSSR count). The second-order valence-corrected chi connectivity index (χ2v) is 6.55. The highest BCUT2D eigenvalue weighted by Crippen LogP contribution is 2.29. The molecule has 0 unspecified atom stereocenters. The van der Waals surface area contributed by atoms with Crippen molar-refractivity contribution >= 4 is 17.3 Å². The normalized spacial score (nSPS) is 10.8. The van der Waals surface area contributed by atoms with Crippen molar-refractivity contribution in [1.29, 1.82) is 0 Å². The first-order chi connectivity index (χ1) is 15.0. The first-order valence-corrected chi connectivity index (χ1v) is 9.48. The smallest absolute Gasteiger partial charge is 0.359 e. The molecule has 4 aromatic rings. The number of fused-ring (bicyclic) bond motifs is 1. The lowest BCUT2D eigenvalue weighted by Gasteiger charge is -2.07. The number of carbonyl (C=O) groups excluding carboxylic acids is 1. The van der Waals surface area contributed by atoms with Gasteiger partial charge in [-0.3, -0.25) is 10.1 Å². The Balaban J connectivity index is 1.89. The molecule has 9 heteroatoms. The number of benzene rings is 2. The van der Waals surface area contributed by atoms with E-state index in [1.807, 2.05) is 24.3 Å². The Hall–Kier alpha value is -4.27. The largest absolute Gasteiger partial charge is 0.497 e. The summed E-state index contributed by atoms with van der Waals surface area (Å²) < 4.78 is 11.9. The zero-order valence-corrected chi connectivity index (χ0v) is 16.8. The summed E-state index contributed by atoms with van der Waals surface area (Å²) in [4.78, 5) is 27.5. The average Bonchev–Trinajstić information content (AvgIpc) is 3.18. The molecular formula is C22H18N4O5. The van der Waals surface area contributed by atoms with Gasteiger partial charge in [0.1, 0.15) is 11.4 Å². The molecule has 9 nitrogen and oxygen atoms in total. The fourth-order valence-corrected chi connectivity index (χ4v) is 3.19. The predicted octanol–water partition coefficient (Wildman–Crippen LogP) is 4.16. The van der Waals surface area contributed by atoms with Crippen LogP contribution in [0.4, 0.5) is 5.69 Å². The van der Waals surface area contributed by atoms with E-state index in [9.17, 15) is 14.9 Å². The summed E-state index contributed by atoms with van der Waals surface area (Å²) in [6, 6.07) is 16.8. The van der Waals surface area contributed by atoms with Gasteiger partial charge < -0.3 is 9.47 Å². The first kappa shape index (κ1) is 20.0. The van der Waals surface area contributed by atoms with Crippen molar-refractivity contribution in [1.82, 2.24) is 14.6 Å². The summed E-state index contributed by atoms with van der Waals surface area (Å²) in [6.07, 6.45) is 0. The van der Waals surface area contributed by atoms with E-state index in [1.165, 1.54) is 12.1 Å². The van der Waals surface area contributed by atoms with Gasteiger partial charge in [-0.05, 0) is 55.5 Å². The molecule has 2 aromatic heterocycles. The second-order valence-electron chi connectivity index (χ2n) is 6.55. The van der Waals surface area contributed by atoms with E-state index in [-0.39, 0.29) is 18.0 Å². The molecule has 0 amide bonds. The molecule has 0 aliphatic carbocycles. The topological polar surface area (TPSA) is 109 Å². The van der Waals surface area contributed by atoms with Crippen LogP contribution in [0.15, 0.2) is 60.7 Å². The number of aromatic nitrogens is 3. The van der Waals surface area contributed by atoms with Gasteiger partial charge in [-0.1, -0.05) is 0 Å². The Morgan fingerprint density at radius 3 is 2.32 bits per heavy atom. The number of methoxy groups -OCH3 is 1. The van der Waals surface area contributed by atoms with Gasteiger partial charge in [0.25, 0.3) is 5.69 Å². The molecule has 0 saturated carbocycles. The summed E-state index contributed by atoms with van der Waals surface area (Å²) in [5, 5.41) is 15.7. The lowest BCUT2D eigenvalue weighted by atomic mass is 10.1. The minimum absolute atomic E-state index is 0.0536. The number of rotatable bonds is 6. The summed E-state index contributed by atoms with van der Waals surface area (Å²) in [5.74, 6) is 0.135. The van der Waals surface area contributed by atoms with Gasteiger partial charge in [-0.2, -0.15) is 5.10 Å². The van der Waals surface area contributed by atoms with Crippen LogP contribution >= 0.6 is 0 Å². The van der Waals surface area contributed by atoms with Crippen molar-refractivity contribution in [3.05, 3.63) is 76.5 Å². The third-order valence-corrected chi connectivity index (χ3v) is 4.68. The third-order valence-electron chi connectivity index (χ3n) is 4.68. The number of carbonyl (C=O) groups is 1. The van der Waals surface area contributed by atoms with Crippen molar-refractivity contribution in [2.75, 3.05) is 13.7 Å². The second kappa shape index (κ2) is 8.23. The van der Waals surface area contributed by atoms with Crippen molar-refractivity contribution in [3.63, 3.8) is 0 Å².